The zero-order valence-corrected chi connectivity index (χ0v) is 27.1. The highest BCUT2D eigenvalue weighted by Gasteiger charge is 2.32. The number of anilines is 1. The van der Waals surface area contributed by atoms with Gasteiger partial charge >= 0.3 is 12.1 Å². The van der Waals surface area contributed by atoms with Crippen molar-refractivity contribution in [2.75, 3.05) is 18.1 Å². The van der Waals surface area contributed by atoms with Gasteiger partial charge in [0.1, 0.15) is 28.8 Å². The number of carbonyl (C=O) groups is 2. The Morgan fingerprint density at radius 3 is 2.55 bits per heavy atom. The number of terminal acetylenes is 1. The molecular formula is C33H29F4N5O6S. The summed E-state index contributed by atoms with van der Waals surface area (Å²) in [6.45, 7) is 6.44. The molecule has 2 aliphatic heterocycles. The van der Waals surface area contributed by atoms with Gasteiger partial charge in [0.2, 0.25) is 10.7 Å². The number of benzene rings is 2. The summed E-state index contributed by atoms with van der Waals surface area (Å²) in [6.07, 6.45) is 1.44. The third-order valence-corrected chi connectivity index (χ3v) is 7.98. The monoisotopic (exact) mass is 699 g/mol. The molecule has 0 saturated heterocycles. The minimum atomic E-state index is -4.45. The first-order valence-corrected chi connectivity index (χ1v) is 15.4. The lowest BCUT2D eigenvalue weighted by Crippen LogP contribution is -2.39. The third-order valence-electron chi connectivity index (χ3n) is 7.21. The van der Waals surface area contributed by atoms with Crippen LogP contribution in [0.5, 0.6) is 23.1 Å². The molecule has 0 fully saturated rings. The van der Waals surface area contributed by atoms with Gasteiger partial charge in [-0.25, -0.2) is 19.2 Å². The van der Waals surface area contributed by atoms with Gasteiger partial charge in [0, 0.05) is 42.8 Å². The first-order valence-electron chi connectivity index (χ1n) is 14.6. The van der Waals surface area contributed by atoms with Crippen molar-refractivity contribution >= 4 is 34.8 Å². The molecule has 0 radical (unpaired) electrons. The zero-order valence-electron chi connectivity index (χ0n) is 26.3. The number of amides is 1. The lowest BCUT2D eigenvalue weighted by molar-refractivity contribution is -0.144. The number of aliphatic carboxylic acids is 1. The molecule has 0 aliphatic carbocycles. The Morgan fingerprint density at radius 2 is 1.92 bits per heavy atom. The second-order valence-corrected chi connectivity index (χ2v) is 12.4. The molecule has 2 aromatic carbocycles. The number of halogens is 4. The molecule has 2 aromatic heterocycles. The number of carboxylic acid groups (broad SMARTS) is 1. The van der Waals surface area contributed by atoms with E-state index in [0.717, 1.165) is 30.9 Å². The van der Waals surface area contributed by atoms with E-state index in [-0.39, 0.29) is 36.0 Å². The van der Waals surface area contributed by atoms with E-state index in [1.807, 2.05) is 4.57 Å². The number of fused-ring (bicyclic) bond motifs is 2. The summed E-state index contributed by atoms with van der Waals surface area (Å²) < 4.78 is 74.0. The number of carbonyl (C=O) groups excluding carboxylic acids is 1. The Labute approximate surface area is 281 Å². The van der Waals surface area contributed by atoms with Gasteiger partial charge in [-0.3, -0.25) is 9.69 Å². The summed E-state index contributed by atoms with van der Waals surface area (Å²) in [5.41, 5.74) is -0.187. The van der Waals surface area contributed by atoms with Crippen LogP contribution in [0.25, 0.3) is 0 Å². The molecule has 0 spiro atoms. The lowest BCUT2D eigenvalue weighted by Gasteiger charge is -2.28. The van der Waals surface area contributed by atoms with Crippen LogP contribution in [-0.4, -0.2) is 50.2 Å². The minimum absolute atomic E-state index is 0.00516. The molecule has 2 aliphatic rings. The number of pyridine rings is 1. The summed E-state index contributed by atoms with van der Waals surface area (Å²) in [4.78, 5) is 32.8. The van der Waals surface area contributed by atoms with E-state index in [2.05, 4.69) is 34.1 Å². The number of nitrogens with zero attached hydrogens (tertiary/aromatic N) is 5. The quantitative estimate of drug-likeness (QED) is 0.184. The van der Waals surface area contributed by atoms with Crippen LogP contribution < -0.4 is 23.9 Å². The molecule has 4 heterocycles. The second-order valence-electron chi connectivity index (χ2n) is 11.7. The molecule has 0 saturated carbocycles. The Kier molecular flexibility index (Phi) is 9.95. The van der Waals surface area contributed by atoms with Crippen LogP contribution in [0.3, 0.4) is 0 Å². The van der Waals surface area contributed by atoms with Crippen LogP contribution in [0.1, 0.15) is 32.2 Å². The average molecular weight is 700 g/mol. The third kappa shape index (κ3) is 8.36. The smallest absolute Gasteiger partial charge is 0.417 e. The van der Waals surface area contributed by atoms with Gasteiger partial charge in [-0.2, -0.15) is 17.5 Å². The van der Waals surface area contributed by atoms with Gasteiger partial charge in [-0.15, -0.1) is 6.42 Å². The maximum absolute atomic E-state index is 14.5. The van der Waals surface area contributed by atoms with Crippen molar-refractivity contribution in [1.82, 2.24) is 13.9 Å². The van der Waals surface area contributed by atoms with Crippen LogP contribution in [-0.2, 0) is 28.7 Å². The van der Waals surface area contributed by atoms with E-state index in [9.17, 15) is 27.2 Å². The van der Waals surface area contributed by atoms with E-state index in [0.29, 0.717) is 33.9 Å². The number of aromatic nitrogens is 3. The number of alkyl halides is 3. The van der Waals surface area contributed by atoms with Crippen molar-refractivity contribution in [3.63, 3.8) is 0 Å². The number of rotatable bonds is 7. The molecule has 1 amide bonds. The van der Waals surface area contributed by atoms with Crippen molar-refractivity contribution in [3.8, 4) is 35.5 Å². The van der Waals surface area contributed by atoms with E-state index in [4.69, 9.17) is 25.7 Å². The molecule has 4 aromatic rings. The van der Waals surface area contributed by atoms with Crippen LogP contribution in [0.2, 0.25) is 0 Å². The standard InChI is InChI=1S/C18H17FN4O2S.C15H12F3NO4/c1-4-5-22-13-7-12(11(19)6-14(13)25-9-16(22)24)20-17-23-10-18(2,3)8-15(23)21-26-17;1-9(14(20)21)22-11-3-5-12(6-4-11)23-13-7-2-10(8-19-13)15(16,17)18/h1,6-7H,5,8-10H2,2-3H3;2-9H,1H3,(H,20,21). The lowest BCUT2D eigenvalue weighted by atomic mass is 9.92. The Balaban J connectivity index is 0.000000193. The highest BCUT2D eigenvalue weighted by Crippen LogP contribution is 2.38. The van der Waals surface area contributed by atoms with E-state index >= 15 is 0 Å². The second kappa shape index (κ2) is 14.0. The molecule has 49 heavy (non-hydrogen) atoms. The predicted molar refractivity (Wildman–Crippen MR) is 169 cm³/mol. The van der Waals surface area contributed by atoms with E-state index in [1.54, 1.807) is 0 Å². The summed E-state index contributed by atoms with van der Waals surface area (Å²) >= 11 is 1.24. The van der Waals surface area contributed by atoms with E-state index in [1.165, 1.54) is 59.8 Å². The number of hydrogen-bond acceptors (Lipinski definition) is 9. The molecule has 1 N–H and O–H groups in total. The van der Waals surface area contributed by atoms with Crippen LogP contribution >= 0.6 is 11.5 Å². The van der Waals surface area contributed by atoms with Gasteiger partial charge in [-0.1, -0.05) is 19.8 Å². The maximum Gasteiger partial charge on any atom is 0.417 e. The Hall–Kier alpha value is -5.43. The Bertz CT molecular complexity index is 1970. The van der Waals surface area contributed by atoms with Crippen molar-refractivity contribution in [2.24, 2.45) is 10.4 Å². The number of ether oxygens (including phenoxy) is 3. The summed E-state index contributed by atoms with van der Waals surface area (Å²) in [5, 5.41) is 8.73. The van der Waals surface area contributed by atoms with Gasteiger partial charge in [0.15, 0.2) is 18.5 Å². The van der Waals surface area contributed by atoms with Gasteiger partial charge in [0.25, 0.3) is 5.91 Å². The van der Waals surface area contributed by atoms with Gasteiger partial charge < -0.3 is 23.9 Å². The largest absolute Gasteiger partial charge is 0.481 e. The van der Waals surface area contributed by atoms with Gasteiger partial charge in [0.05, 0.1) is 17.8 Å². The SMILES string of the molecule is C#CCN1C(=O)COc2cc(F)c(N=c3snc4n3CC(C)(C)C4)cc21.CC(Oc1ccc(Oc2ccc(C(F)(F)F)cn2)cc1)C(=O)O. The summed E-state index contributed by atoms with van der Waals surface area (Å²) in [5.74, 6) is 2.48. The van der Waals surface area contributed by atoms with E-state index < -0.39 is 29.6 Å². The number of hydrogen-bond donors (Lipinski definition) is 1. The topological polar surface area (TPSA) is 128 Å². The fraction of sp³-hybridized carbons (Fsp3) is 0.303. The van der Waals surface area contributed by atoms with Gasteiger partial charge in [-0.05, 0) is 48.7 Å². The molecule has 16 heteroatoms. The molecule has 11 nitrogen and oxygen atoms in total. The van der Waals surface area contributed by atoms with Crippen LogP contribution in [0.4, 0.5) is 28.9 Å². The molecule has 6 rings (SSSR count). The fourth-order valence-corrected chi connectivity index (χ4v) is 5.57. The molecule has 1 unspecified atom stereocenters. The normalized spacial score (nSPS) is 15.6. The molecule has 1 atom stereocenters. The molecule has 256 valence electrons. The summed E-state index contributed by atoms with van der Waals surface area (Å²) in [6, 6.07) is 10.7. The number of carboxylic acids is 1. The minimum Gasteiger partial charge on any atom is -0.481 e. The first-order chi connectivity index (χ1) is 23.1. The highest BCUT2D eigenvalue weighted by atomic mass is 32.1. The van der Waals surface area contributed by atoms with Crippen molar-refractivity contribution < 1.29 is 46.5 Å². The Morgan fingerprint density at radius 1 is 1.20 bits per heavy atom. The summed E-state index contributed by atoms with van der Waals surface area (Å²) in [7, 11) is 0. The molecule has 0 bridgehead atoms. The first kappa shape index (κ1) is 34.9. The fourth-order valence-electron chi connectivity index (χ4n) is 4.82. The van der Waals surface area contributed by atoms with Crippen molar-refractivity contribution in [3.05, 3.63) is 76.7 Å². The highest BCUT2D eigenvalue weighted by molar-refractivity contribution is 7.02. The van der Waals surface area contributed by atoms with Crippen molar-refractivity contribution in [2.45, 2.75) is 46.0 Å². The average Bonchev–Trinajstić information content (AvgIpc) is 3.55. The predicted octanol–water partition coefficient (Wildman–Crippen LogP) is 6.00. The van der Waals surface area contributed by atoms with Crippen LogP contribution in [0.15, 0.2) is 59.7 Å². The van der Waals surface area contributed by atoms with Crippen molar-refractivity contribution in [1.29, 1.82) is 0 Å². The molecular weight excluding hydrogens is 670 g/mol. The maximum atomic E-state index is 14.5. The van der Waals surface area contributed by atoms with Crippen LogP contribution in [0, 0.1) is 23.6 Å². The zero-order chi connectivity index (χ0) is 35.5.